The van der Waals surface area contributed by atoms with Crippen LogP contribution in [0.15, 0.2) is 42.9 Å². The highest BCUT2D eigenvalue weighted by molar-refractivity contribution is 5.77. The number of rotatable bonds is 5. The number of halogens is 1. The van der Waals surface area contributed by atoms with Gasteiger partial charge in [-0.1, -0.05) is 18.2 Å². The molecule has 0 bridgehead atoms. The Hall–Kier alpha value is -2.50. The summed E-state index contributed by atoms with van der Waals surface area (Å²) in [5.41, 5.74) is 0.576. The molecule has 0 spiro atoms. The van der Waals surface area contributed by atoms with Crippen molar-refractivity contribution in [3.63, 3.8) is 0 Å². The number of carbonyl (C=O) groups excluding carboxylic acids is 1. The fourth-order valence-corrected chi connectivity index (χ4v) is 2.46. The molecule has 2 heterocycles. The van der Waals surface area contributed by atoms with E-state index in [0.29, 0.717) is 18.4 Å². The van der Waals surface area contributed by atoms with Gasteiger partial charge in [0, 0.05) is 31.9 Å². The first-order valence-corrected chi connectivity index (χ1v) is 7.26. The number of carbonyl (C=O) groups is 1. The number of anilines is 1. The van der Waals surface area contributed by atoms with Crippen LogP contribution in [0.4, 0.5) is 10.2 Å². The van der Waals surface area contributed by atoms with E-state index in [2.05, 4.69) is 20.2 Å². The second-order valence-corrected chi connectivity index (χ2v) is 5.32. The first-order valence-electron chi connectivity index (χ1n) is 7.26. The fourth-order valence-electron chi connectivity index (χ4n) is 2.46. The molecule has 0 aliphatic carbocycles. The summed E-state index contributed by atoms with van der Waals surface area (Å²) < 4.78 is 13.5. The van der Waals surface area contributed by atoms with E-state index in [0.717, 1.165) is 18.9 Å². The number of amides is 1. The Bertz CT molecular complexity index is 644. The third-order valence-corrected chi connectivity index (χ3v) is 3.70. The molecule has 114 valence electrons. The van der Waals surface area contributed by atoms with E-state index in [-0.39, 0.29) is 17.8 Å². The molecule has 0 atom stereocenters. The van der Waals surface area contributed by atoms with E-state index in [1.807, 2.05) is 0 Å². The second-order valence-electron chi connectivity index (χ2n) is 5.32. The van der Waals surface area contributed by atoms with Crippen LogP contribution in [0.1, 0.15) is 12.0 Å². The lowest BCUT2D eigenvalue weighted by Gasteiger charge is -2.40. The van der Waals surface area contributed by atoms with Gasteiger partial charge in [0.1, 0.15) is 11.6 Å². The molecule has 22 heavy (non-hydrogen) atoms. The van der Waals surface area contributed by atoms with E-state index >= 15 is 0 Å². The standard InChI is InChI=1S/C16H17FN4O/c17-14-4-2-1-3-12(14)5-6-16(22)20-13-10-21(11-13)15-9-18-7-8-19-15/h1-4,7-9,13H,5-6,10-11H2,(H,20,22). The predicted molar refractivity (Wildman–Crippen MR) is 80.9 cm³/mol. The topological polar surface area (TPSA) is 58.1 Å². The van der Waals surface area contributed by atoms with Gasteiger partial charge >= 0.3 is 0 Å². The van der Waals surface area contributed by atoms with Gasteiger partial charge in [0.2, 0.25) is 5.91 Å². The molecule has 1 fully saturated rings. The first kappa shape index (κ1) is 14.4. The monoisotopic (exact) mass is 300 g/mol. The number of benzene rings is 1. The average molecular weight is 300 g/mol. The summed E-state index contributed by atoms with van der Waals surface area (Å²) in [5.74, 6) is 0.513. The molecule has 6 heteroatoms. The minimum absolute atomic E-state index is 0.0490. The van der Waals surface area contributed by atoms with Crippen molar-refractivity contribution < 1.29 is 9.18 Å². The largest absolute Gasteiger partial charge is 0.351 e. The highest BCUT2D eigenvalue weighted by Gasteiger charge is 2.28. The van der Waals surface area contributed by atoms with Crippen LogP contribution in [0.3, 0.4) is 0 Å². The molecule has 0 unspecified atom stereocenters. The van der Waals surface area contributed by atoms with E-state index in [9.17, 15) is 9.18 Å². The minimum Gasteiger partial charge on any atom is -0.351 e. The zero-order valence-electron chi connectivity index (χ0n) is 12.1. The molecular formula is C16H17FN4O. The summed E-state index contributed by atoms with van der Waals surface area (Å²) in [5, 5.41) is 2.95. The summed E-state index contributed by atoms with van der Waals surface area (Å²) in [6, 6.07) is 6.67. The van der Waals surface area contributed by atoms with Gasteiger partial charge in [-0.15, -0.1) is 0 Å². The molecule has 0 saturated carbocycles. The van der Waals surface area contributed by atoms with Crippen LogP contribution < -0.4 is 10.2 Å². The van der Waals surface area contributed by atoms with E-state index in [1.165, 1.54) is 6.07 Å². The first-order chi connectivity index (χ1) is 10.7. The Morgan fingerprint density at radius 1 is 1.32 bits per heavy atom. The minimum atomic E-state index is -0.257. The maximum absolute atomic E-state index is 13.5. The highest BCUT2D eigenvalue weighted by Crippen LogP contribution is 2.16. The van der Waals surface area contributed by atoms with Crippen molar-refractivity contribution in [1.82, 2.24) is 15.3 Å². The zero-order chi connectivity index (χ0) is 15.4. The van der Waals surface area contributed by atoms with Gasteiger partial charge in [0.25, 0.3) is 0 Å². The second kappa shape index (κ2) is 6.51. The summed E-state index contributed by atoms with van der Waals surface area (Å²) in [7, 11) is 0. The maximum Gasteiger partial charge on any atom is 0.220 e. The van der Waals surface area contributed by atoms with Crippen molar-refractivity contribution >= 4 is 11.7 Å². The lowest BCUT2D eigenvalue weighted by atomic mass is 10.1. The molecule has 1 N–H and O–H groups in total. The zero-order valence-corrected chi connectivity index (χ0v) is 12.1. The molecular weight excluding hydrogens is 283 g/mol. The lowest BCUT2D eigenvalue weighted by molar-refractivity contribution is -0.121. The van der Waals surface area contributed by atoms with Crippen molar-refractivity contribution in [1.29, 1.82) is 0 Å². The molecule has 3 rings (SSSR count). The molecule has 0 radical (unpaired) electrons. The smallest absolute Gasteiger partial charge is 0.220 e. The molecule has 1 aromatic heterocycles. The lowest BCUT2D eigenvalue weighted by Crippen LogP contribution is -2.59. The van der Waals surface area contributed by atoms with Crippen LogP contribution in [0.5, 0.6) is 0 Å². The van der Waals surface area contributed by atoms with Crippen molar-refractivity contribution in [2.45, 2.75) is 18.9 Å². The molecule has 1 aliphatic rings. The highest BCUT2D eigenvalue weighted by atomic mass is 19.1. The van der Waals surface area contributed by atoms with Gasteiger partial charge in [-0.25, -0.2) is 9.37 Å². The van der Waals surface area contributed by atoms with Crippen LogP contribution in [0.25, 0.3) is 0 Å². The molecule has 2 aromatic rings. The van der Waals surface area contributed by atoms with Crippen LogP contribution in [-0.4, -0.2) is 35.0 Å². The van der Waals surface area contributed by atoms with E-state index < -0.39 is 0 Å². The van der Waals surface area contributed by atoms with Crippen molar-refractivity contribution in [3.05, 3.63) is 54.2 Å². The summed E-state index contributed by atoms with van der Waals surface area (Å²) in [4.78, 5) is 22.2. The van der Waals surface area contributed by atoms with Gasteiger partial charge < -0.3 is 10.2 Å². The number of nitrogens with one attached hydrogen (secondary N) is 1. The number of aromatic nitrogens is 2. The third-order valence-electron chi connectivity index (χ3n) is 3.70. The fraction of sp³-hybridized carbons (Fsp3) is 0.312. The maximum atomic E-state index is 13.5. The van der Waals surface area contributed by atoms with Gasteiger partial charge in [-0.3, -0.25) is 9.78 Å². The van der Waals surface area contributed by atoms with E-state index in [4.69, 9.17) is 0 Å². The predicted octanol–water partition coefficient (Wildman–Crippen LogP) is 1.55. The van der Waals surface area contributed by atoms with Gasteiger partial charge in [0.05, 0.1) is 12.2 Å². The van der Waals surface area contributed by atoms with Crippen molar-refractivity contribution in [3.8, 4) is 0 Å². The van der Waals surface area contributed by atoms with Crippen LogP contribution in [-0.2, 0) is 11.2 Å². The van der Waals surface area contributed by atoms with Crippen LogP contribution >= 0.6 is 0 Å². The summed E-state index contributed by atoms with van der Waals surface area (Å²) in [6.07, 6.45) is 5.69. The van der Waals surface area contributed by atoms with E-state index in [1.54, 1.807) is 36.8 Å². The SMILES string of the molecule is O=C(CCc1ccccc1F)NC1CN(c2cnccn2)C1. The Balaban J connectivity index is 1.42. The van der Waals surface area contributed by atoms with Crippen LogP contribution in [0.2, 0.25) is 0 Å². The van der Waals surface area contributed by atoms with Crippen molar-refractivity contribution in [2.24, 2.45) is 0 Å². The third kappa shape index (κ3) is 3.39. The summed E-state index contributed by atoms with van der Waals surface area (Å²) in [6.45, 7) is 1.45. The van der Waals surface area contributed by atoms with Gasteiger partial charge in [-0.2, -0.15) is 0 Å². The van der Waals surface area contributed by atoms with Crippen LogP contribution in [0, 0.1) is 5.82 Å². The Morgan fingerprint density at radius 2 is 2.14 bits per heavy atom. The average Bonchev–Trinajstić information content (AvgIpc) is 2.50. The normalized spacial score (nSPS) is 14.5. The van der Waals surface area contributed by atoms with Crippen molar-refractivity contribution in [2.75, 3.05) is 18.0 Å². The number of aryl methyl sites for hydroxylation is 1. The molecule has 5 nitrogen and oxygen atoms in total. The van der Waals surface area contributed by atoms with Gasteiger partial charge in [0.15, 0.2) is 0 Å². The Morgan fingerprint density at radius 3 is 2.86 bits per heavy atom. The Labute approximate surface area is 128 Å². The molecule has 1 aromatic carbocycles. The molecule has 1 aliphatic heterocycles. The quantitative estimate of drug-likeness (QED) is 0.910. The van der Waals surface area contributed by atoms with Gasteiger partial charge in [-0.05, 0) is 18.1 Å². The number of nitrogens with zero attached hydrogens (tertiary/aromatic N) is 3. The number of hydrogen-bond donors (Lipinski definition) is 1. The molecule has 1 amide bonds. The Kier molecular flexibility index (Phi) is 4.27. The number of hydrogen-bond acceptors (Lipinski definition) is 4. The molecule has 1 saturated heterocycles. The summed E-state index contributed by atoms with van der Waals surface area (Å²) >= 11 is 0.